The first kappa shape index (κ1) is 18.4. The molecule has 25 heavy (non-hydrogen) atoms. The van der Waals surface area contributed by atoms with E-state index in [2.05, 4.69) is 22.1 Å². The second kappa shape index (κ2) is 8.81. The highest BCUT2D eigenvalue weighted by Crippen LogP contribution is 2.30. The standard InChI is InChI=1S/C18H16Cl2N2OS2/c19-13-1-4-15(5-2-13)22-18(23)21-7-8-24-10-12-11-25-17-6-3-14(20)9-16(12)17/h1-6,9,11H,7-8,10H2,(H2,21,22,23). The molecule has 0 radical (unpaired) electrons. The van der Waals surface area contributed by atoms with E-state index < -0.39 is 0 Å². The molecule has 0 atom stereocenters. The van der Waals surface area contributed by atoms with Crippen molar-refractivity contribution in [3.63, 3.8) is 0 Å². The molecule has 0 fully saturated rings. The normalized spacial score (nSPS) is 10.8. The third kappa shape index (κ3) is 5.28. The summed E-state index contributed by atoms with van der Waals surface area (Å²) in [5.41, 5.74) is 2.01. The van der Waals surface area contributed by atoms with Crippen LogP contribution in [0.5, 0.6) is 0 Å². The Hall–Kier alpha value is -1.40. The lowest BCUT2D eigenvalue weighted by Gasteiger charge is -2.07. The van der Waals surface area contributed by atoms with Crippen LogP contribution in [0.3, 0.4) is 0 Å². The molecule has 0 aliphatic carbocycles. The first-order valence-electron chi connectivity index (χ1n) is 7.65. The SMILES string of the molecule is O=C(NCCSCc1csc2ccc(Cl)cc12)Nc1ccc(Cl)cc1. The number of carbonyl (C=O) groups is 1. The van der Waals surface area contributed by atoms with Gasteiger partial charge in [-0.2, -0.15) is 11.8 Å². The van der Waals surface area contributed by atoms with Crippen LogP contribution in [0, 0.1) is 0 Å². The van der Waals surface area contributed by atoms with E-state index in [0.29, 0.717) is 11.6 Å². The smallest absolute Gasteiger partial charge is 0.319 e. The minimum Gasteiger partial charge on any atom is -0.337 e. The van der Waals surface area contributed by atoms with Crippen molar-refractivity contribution in [1.29, 1.82) is 0 Å². The number of halogens is 2. The van der Waals surface area contributed by atoms with Gasteiger partial charge in [-0.1, -0.05) is 23.2 Å². The summed E-state index contributed by atoms with van der Waals surface area (Å²) < 4.78 is 1.25. The minimum atomic E-state index is -0.212. The molecule has 0 aliphatic rings. The van der Waals surface area contributed by atoms with Gasteiger partial charge in [-0.15, -0.1) is 11.3 Å². The summed E-state index contributed by atoms with van der Waals surface area (Å²) in [6.45, 7) is 0.604. The van der Waals surface area contributed by atoms with Crippen molar-refractivity contribution in [3.8, 4) is 0 Å². The van der Waals surface area contributed by atoms with Gasteiger partial charge in [0, 0.05) is 38.5 Å². The van der Waals surface area contributed by atoms with Crippen molar-refractivity contribution in [2.45, 2.75) is 5.75 Å². The Balaban J connectivity index is 1.40. The van der Waals surface area contributed by atoms with Crippen LogP contribution in [0.15, 0.2) is 47.8 Å². The number of hydrogen-bond donors (Lipinski definition) is 2. The number of thiophene rings is 1. The summed E-state index contributed by atoms with van der Waals surface area (Å²) >= 11 is 15.4. The third-order valence-corrected chi connectivity index (χ3v) is 6.01. The average Bonchev–Trinajstić information content (AvgIpc) is 2.99. The van der Waals surface area contributed by atoms with Crippen molar-refractivity contribution in [3.05, 3.63) is 63.5 Å². The number of thioether (sulfide) groups is 1. The monoisotopic (exact) mass is 410 g/mol. The number of amides is 2. The highest BCUT2D eigenvalue weighted by atomic mass is 35.5. The molecule has 0 aliphatic heterocycles. The Bertz CT molecular complexity index is 865. The van der Waals surface area contributed by atoms with Gasteiger partial charge in [-0.3, -0.25) is 0 Å². The topological polar surface area (TPSA) is 41.1 Å². The van der Waals surface area contributed by atoms with E-state index in [1.54, 1.807) is 47.4 Å². The molecule has 0 saturated carbocycles. The number of nitrogens with one attached hydrogen (secondary N) is 2. The fourth-order valence-corrected chi connectivity index (χ4v) is 4.49. The molecule has 2 aromatic carbocycles. The summed E-state index contributed by atoms with van der Waals surface area (Å²) in [6.07, 6.45) is 0. The number of anilines is 1. The lowest BCUT2D eigenvalue weighted by atomic mass is 10.2. The van der Waals surface area contributed by atoms with E-state index in [0.717, 1.165) is 22.2 Å². The molecule has 3 aromatic rings. The largest absolute Gasteiger partial charge is 0.337 e. The van der Waals surface area contributed by atoms with Gasteiger partial charge in [-0.25, -0.2) is 4.79 Å². The summed E-state index contributed by atoms with van der Waals surface area (Å²) in [5, 5.41) is 10.4. The quantitative estimate of drug-likeness (QED) is 0.470. The van der Waals surface area contributed by atoms with Crippen LogP contribution >= 0.6 is 46.3 Å². The highest BCUT2D eigenvalue weighted by molar-refractivity contribution is 7.98. The Morgan fingerprint density at radius 1 is 1.08 bits per heavy atom. The van der Waals surface area contributed by atoms with E-state index in [4.69, 9.17) is 23.2 Å². The van der Waals surface area contributed by atoms with Crippen molar-refractivity contribution in [1.82, 2.24) is 5.32 Å². The van der Waals surface area contributed by atoms with Gasteiger partial charge in [0.15, 0.2) is 0 Å². The van der Waals surface area contributed by atoms with Crippen LogP contribution in [0.4, 0.5) is 10.5 Å². The van der Waals surface area contributed by atoms with Crippen LogP contribution < -0.4 is 10.6 Å². The van der Waals surface area contributed by atoms with Crippen molar-refractivity contribution >= 4 is 68.1 Å². The highest BCUT2D eigenvalue weighted by Gasteiger charge is 2.05. The molecular formula is C18H16Cl2N2OS2. The van der Waals surface area contributed by atoms with Crippen LogP contribution in [-0.2, 0) is 5.75 Å². The Labute approximate surface area is 164 Å². The number of urea groups is 1. The molecule has 1 heterocycles. The van der Waals surface area contributed by atoms with Gasteiger partial charge < -0.3 is 10.6 Å². The molecule has 3 nitrogen and oxygen atoms in total. The predicted octanol–water partition coefficient (Wildman–Crippen LogP) is 6.26. The second-order valence-electron chi connectivity index (χ2n) is 5.34. The Morgan fingerprint density at radius 3 is 2.64 bits per heavy atom. The molecule has 1 aromatic heterocycles. The zero-order chi connectivity index (χ0) is 17.6. The maximum Gasteiger partial charge on any atom is 0.319 e. The van der Waals surface area contributed by atoms with Crippen LogP contribution in [0.1, 0.15) is 5.56 Å². The molecule has 0 unspecified atom stereocenters. The first-order chi connectivity index (χ1) is 12.1. The molecule has 7 heteroatoms. The van der Waals surface area contributed by atoms with E-state index in [1.165, 1.54) is 15.6 Å². The average molecular weight is 411 g/mol. The van der Waals surface area contributed by atoms with E-state index in [9.17, 15) is 4.79 Å². The summed E-state index contributed by atoms with van der Waals surface area (Å²) in [6, 6.07) is 12.8. The van der Waals surface area contributed by atoms with Crippen LogP contribution in [0.2, 0.25) is 10.0 Å². The molecule has 0 spiro atoms. The van der Waals surface area contributed by atoms with Gasteiger partial charge >= 0.3 is 6.03 Å². The first-order valence-corrected chi connectivity index (χ1v) is 10.4. The van der Waals surface area contributed by atoms with E-state index in [1.807, 2.05) is 12.1 Å². The number of rotatable bonds is 6. The molecule has 2 N–H and O–H groups in total. The fourth-order valence-electron chi connectivity index (χ4n) is 2.29. The lowest BCUT2D eigenvalue weighted by Crippen LogP contribution is -2.30. The van der Waals surface area contributed by atoms with Crippen molar-refractivity contribution < 1.29 is 4.79 Å². The second-order valence-corrected chi connectivity index (χ2v) is 8.23. The molecule has 130 valence electrons. The Kier molecular flexibility index (Phi) is 6.48. The number of fused-ring (bicyclic) bond motifs is 1. The number of benzene rings is 2. The van der Waals surface area contributed by atoms with E-state index >= 15 is 0 Å². The van der Waals surface area contributed by atoms with Crippen LogP contribution in [-0.4, -0.2) is 18.3 Å². The zero-order valence-electron chi connectivity index (χ0n) is 13.2. The molecule has 0 bridgehead atoms. The van der Waals surface area contributed by atoms with Crippen molar-refractivity contribution in [2.75, 3.05) is 17.6 Å². The minimum absolute atomic E-state index is 0.212. The zero-order valence-corrected chi connectivity index (χ0v) is 16.4. The maximum atomic E-state index is 11.8. The summed E-state index contributed by atoms with van der Waals surface area (Å²) in [4.78, 5) is 11.8. The van der Waals surface area contributed by atoms with Gasteiger partial charge in [-0.05, 0) is 58.8 Å². The van der Waals surface area contributed by atoms with Gasteiger partial charge in [0.2, 0.25) is 0 Å². The predicted molar refractivity (Wildman–Crippen MR) is 111 cm³/mol. The van der Waals surface area contributed by atoms with E-state index in [-0.39, 0.29) is 6.03 Å². The maximum absolute atomic E-state index is 11.8. The number of carbonyl (C=O) groups excluding carboxylic acids is 1. The fraction of sp³-hybridized carbons (Fsp3) is 0.167. The molecular weight excluding hydrogens is 395 g/mol. The molecule has 0 saturated heterocycles. The summed E-state index contributed by atoms with van der Waals surface area (Å²) in [5.74, 6) is 1.74. The Morgan fingerprint density at radius 2 is 1.84 bits per heavy atom. The lowest BCUT2D eigenvalue weighted by molar-refractivity contribution is 0.252. The van der Waals surface area contributed by atoms with Gasteiger partial charge in [0.25, 0.3) is 0 Å². The van der Waals surface area contributed by atoms with Crippen molar-refractivity contribution in [2.24, 2.45) is 0 Å². The van der Waals surface area contributed by atoms with Crippen LogP contribution in [0.25, 0.3) is 10.1 Å². The summed E-state index contributed by atoms with van der Waals surface area (Å²) in [7, 11) is 0. The third-order valence-electron chi connectivity index (χ3n) is 3.51. The van der Waals surface area contributed by atoms with Gasteiger partial charge in [0.1, 0.15) is 0 Å². The van der Waals surface area contributed by atoms with Gasteiger partial charge in [0.05, 0.1) is 0 Å². The molecule has 3 rings (SSSR count). The number of hydrogen-bond acceptors (Lipinski definition) is 3. The molecule has 2 amide bonds.